The van der Waals surface area contributed by atoms with Crippen LogP contribution in [0.4, 0.5) is 5.69 Å². The summed E-state index contributed by atoms with van der Waals surface area (Å²) in [7, 11) is 0.805. The van der Waals surface area contributed by atoms with Crippen molar-refractivity contribution >= 4 is 33.5 Å². The van der Waals surface area contributed by atoms with Gasteiger partial charge in [-0.05, 0) is 0 Å². The number of carboxylic acid groups (broad SMARTS) is 1. The summed E-state index contributed by atoms with van der Waals surface area (Å²) in [5.74, 6) is -0.610. The quantitative estimate of drug-likeness (QED) is 0.826. The third kappa shape index (κ3) is 2.73. The number of carboxylic acids is 1. The van der Waals surface area contributed by atoms with E-state index in [0.29, 0.717) is 29.0 Å². The van der Waals surface area contributed by atoms with Crippen LogP contribution in [0, 0.1) is 0 Å². The molecule has 7 nitrogen and oxygen atoms in total. The van der Waals surface area contributed by atoms with E-state index >= 15 is 0 Å². The van der Waals surface area contributed by atoms with Gasteiger partial charge in [0.1, 0.15) is 5.56 Å². The lowest BCUT2D eigenvalue weighted by Gasteiger charge is -2.09. The Morgan fingerprint density at radius 1 is 1.53 bits per heavy atom. The number of aromatic nitrogens is 3. The van der Waals surface area contributed by atoms with Crippen molar-refractivity contribution in [1.82, 2.24) is 14.8 Å². The first-order valence-corrected chi connectivity index (χ1v) is 7.31. The Balaban J connectivity index is 2.43. The fraction of sp³-hybridized carbons (Fsp3) is 0.364. The Labute approximate surface area is 112 Å². The van der Waals surface area contributed by atoms with Crippen LogP contribution in [0.5, 0.6) is 0 Å². The maximum atomic E-state index is 11.2. The highest BCUT2D eigenvalue weighted by Gasteiger charge is 2.16. The fourth-order valence-electron chi connectivity index (χ4n) is 1.77. The molecule has 2 aromatic rings. The highest BCUT2D eigenvalue weighted by Crippen LogP contribution is 2.25. The first kappa shape index (κ1) is 13.5. The number of hydrogen-bond acceptors (Lipinski definition) is 5. The third-order valence-electron chi connectivity index (χ3n) is 2.68. The number of aryl methyl sites for hydroxylation is 1. The van der Waals surface area contributed by atoms with Crippen LogP contribution in [-0.2, 0) is 17.8 Å². The lowest BCUT2D eigenvalue weighted by atomic mass is 10.2. The van der Waals surface area contributed by atoms with Gasteiger partial charge in [-0.15, -0.1) is 0 Å². The molecule has 8 heteroatoms. The van der Waals surface area contributed by atoms with Gasteiger partial charge in [-0.1, -0.05) is 0 Å². The largest absolute Gasteiger partial charge is 0.478 e. The number of fused-ring (bicyclic) bond motifs is 1. The Hall–Kier alpha value is -1.96. The van der Waals surface area contributed by atoms with Gasteiger partial charge in [0.2, 0.25) is 0 Å². The van der Waals surface area contributed by atoms with Crippen LogP contribution in [0.3, 0.4) is 0 Å². The van der Waals surface area contributed by atoms with E-state index in [1.54, 1.807) is 24.2 Å². The average molecular weight is 282 g/mol. The van der Waals surface area contributed by atoms with Crippen LogP contribution >= 0.6 is 0 Å². The minimum absolute atomic E-state index is 0.0855. The van der Waals surface area contributed by atoms with E-state index in [1.807, 2.05) is 0 Å². The zero-order chi connectivity index (χ0) is 14.0. The number of rotatable bonds is 5. The van der Waals surface area contributed by atoms with Crippen LogP contribution in [0.2, 0.25) is 0 Å². The van der Waals surface area contributed by atoms with Gasteiger partial charge in [0.25, 0.3) is 0 Å². The van der Waals surface area contributed by atoms with Gasteiger partial charge in [0.05, 0.1) is 17.3 Å². The molecule has 0 amide bonds. The summed E-state index contributed by atoms with van der Waals surface area (Å²) in [6.07, 6.45) is 4.48. The van der Waals surface area contributed by atoms with Crippen molar-refractivity contribution in [2.24, 2.45) is 7.05 Å². The Morgan fingerprint density at radius 3 is 2.89 bits per heavy atom. The van der Waals surface area contributed by atoms with Crippen molar-refractivity contribution in [3.63, 3.8) is 0 Å². The second-order valence-corrected chi connectivity index (χ2v) is 5.62. The molecular weight excluding hydrogens is 268 g/mol. The first-order chi connectivity index (χ1) is 9.00. The number of nitrogens with zero attached hydrogens (tertiary/aromatic N) is 3. The summed E-state index contributed by atoms with van der Waals surface area (Å²) < 4.78 is 12.6. The van der Waals surface area contributed by atoms with E-state index in [1.165, 1.54) is 6.20 Å². The Bertz CT molecular complexity index is 653. The topological polar surface area (TPSA) is 97.1 Å². The van der Waals surface area contributed by atoms with E-state index in [9.17, 15) is 14.1 Å². The smallest absolute Gasteiger partial charge is 0.339 e. The van der Waals surface area contributed by atoms with E-state index < -0.39 is 16.8 Å². The maximum absolute atomic E-state index is 11.2. The molecule has 1 unspecified atom stereocenters. The SMILES string of the molecule is Cn1ncc2c(NCCS(C)=O)c(C(=O)O)cnc21. The highest BCUT2D eigenvalue weighted by molar-refractivity contribution is 7.84. The molecule has 2 rings (SSSR count). The molecule has 0 aliphatic carbocycles. The number of pyridine rings is 1. The lowest BCUT2D eigenvalue weighted by molar-refractivity contribution is 0.0697. The summed E-state index contributed by atoms with van der Waals surface area (Å²) in [6.45, 7) is 0.428. The summed E-state index contributed by atoms with van der Waals surface area (Å²) in [5, 5.41) is 16.9. The molecule has 2 N–H and O–H groups in total. The standard InChI is InChI=1S/C11H14N4O3S/c1-15-10-7(6-14-15)9(12-3-4-19(2)18)8(5-13-10)11(16)17/h5-6H,3-4H2,1-2H3,(H,12,13)(H,16,17). The summed E-state index contributed by atoms with van der Waals surface area (Å²) in [4.78, 5) is 15.3. The second-order valence-electron chi connectivity index (χ2n) is 4.06. The molecular formula is C11H14N4O3S. The normalized spacial score (nSPS) is 12.5. The Kier molecular flexibility index (Phi) is 3.79. The minimum atomic E-state index is -1.06. The summed E-state index contributed by atoms with van der Waals surface area (Å²) >= 11 is 0. The van der Waals surface area contributed by atoms with E-state index in [-0.39, 0.29) is 5.56 Å². The molecule has 0 fully saturated rings. The van der Waals surface area contributed by atoms with E-state index in [4.69, 9.17) is 0 Å². The van der Waals surface area contributed by atoms with E-state index in [0.717, 1.165) is 0 Å². The average Bonchev–Trinajstić information content (AvgIpc) is 2.71. The minimum Gasteiger partial charge on any atom is -0.478 e. The predicted molar refractivity (Wildman–Crippen MR) is 72.9 cm³/mol. The number of carbonyl (C=O) groups is 1. The lowest BCUT2D eigenvalue weighted by Crippen LogP contribution is -2.13. The van der Waals surface area contributed by atoms with Crippen LogP contribution < -0.4 is 5.32 Å². The van der Waals surface area contributed by atoms with Gasteiger partial charge in [-0.3, -0.25) is 8.89 Å². The highest BCUT2D eigenvalue weighted by atomic mass is 32.2. The number of hydrogen-bond donors (Lipinski definition) is 2. The van der Waals surface area contributed by atoms with Crippen molar-refractivity contribution in [3.05, 3.63) is 18.0 Å². The molecule has 0 aliphatic rings. The molecule has 0 saturated carbocycles. The van der Waals surface area contributed by atoms with Crippen molar-refractivity contribution in [1.29, 1.82) is 0 Å². The number of anilines is 1. The molecule has 0 aromatic carbocycles. The zero-order valence-corrected chi connectivity index (χ0v) is 11.4. The van der Waals surface area contributed by atoms with Crippen molar-refractivity contribution in [3.8, 4) is 0 Å². The number of aromatic carboxylic acids is 1. The molecule has 2 heterocycles. The molecule has 0 spiro atoms. The summed E-state index contributed by atoms with van der Waals surface area (Å²) in [5.41, 5.74) is 1.16. The fourth-order valence-corrected chi connectivity index (χ4v) is 2.16. The van der Waals surface area contributed by atoms with Gasteiger partial charge in [0.15, 0.2) is 5.65 Å². The summed E-state index contributed by atoms with van der Waals surface area (Å²) in [6, 6.07) is 0. The van der Waals surface area contributed by atoms with Gasteiger partial charge >= 0.3 is 5.97 Å². The van der Waals surface area contributed by atoms with Gasteiger partial charge in [-0.25, -0.2) is 9.78 Å². The van der Waals surface area contributed by atoms with Gasteiger partial charge in [-0.2, -0.15) is 5.10 Å². The zero-order valence-electron chi connectivity index (χ0n) is 10.6. The predicted octanol–water partition coefficient (Wildman–Crippen LogP) is 0.457. The van der Waals surface area contributed by atoms with Crippen LogP contribution in [0.25, 0.3) is 11.0 Å². The van der Waals surface area contributed by atoms with Crippen LogP contribution in [-0.4, -0.2) is 48.6 Å². The van der Waals surface area contributed by atoms with Crippen LogP contribution in [0.15, 0.2) is 12.4 Å². The molecule has 19 heavy (non-hydrogen) atoms. The molecule has 2 aromatic heterocycles. The molecule has 0 bridgehead atoms. The van der Waals surface area contributed by atoms with Crippen LogP contribution in [0.1, 0.15) is 10.4 Å². The monoisotopic (exact) mass is 282 g/mol. The molecule has 102 valence electrons. The molecule has 0 saturated heterocycles. The van der Waals surface area contributed by atoms with Crippen molar-refractivity contribution < 1.29 is 14.1 Å². The van der Waals surface area contributed by atoms with Crippen molar-refractivity contribution in [2.75, 3.05) is 23.9 Å². The molecule has 0 radical (unpaired) electrons. The maximum Gasteiger partial charge on any atom is 0.339 e. The Morgan fingerprint density at radius 2 is 2.26 bits per heavy atom. The van der Waals surface area contributed by atoms with Gasteiger partial charge < -0.3 is 10.4 Å². The van der Waals surface area contributed by atoms with Gasteiger partial charge in [0, 0.05) is 42.6 Å². The molecule has 0 aliphatic heterocycles. The van der Waals surface area contributed by atoms with Crippen molar-refractivity contribution in [2.45, 2.75) is 0 Å². The second kappa shape index (κ2) is 5.35. The van der Waals surface area contributed by atoms with E-state index in [2.05, 4.69) is 15.4 Å². The first-order valence-electron chi connectivity index (χ1n) is 5.58. The number of nitrogens with one attached hydrogen (secondary N) is 1. The third-order valence-corrected chi connectivity index (χ3v) is 3.46. The molecule has 1 atom stereocenters.